The molecule has 0 aromatic heterocycles. The number of hydrogen-bond acceptors (Lipinski definition) is 5. The zero-order chi connectivity index (χ0) is 9.56. The fourth-order valence-electron chi connectivity index (χ4n) is 0.432. The summed E-state index contributed by atoms with van der Waals surface area (Å²) in [6, 6.07) is 0. The van der Waals surface area contributed by atoms with Crippen molar-refractivity contribution in [2.45, 2.75) is 20.8 Å². The van der Waals surface area contributed by atoms with E-state index in [1.807, 2.05) is 0 Å². The van der Waals surface area contributed by atoms with Gasteiger partial charge >= 0.3 is 18.4 Å². The second kappa shape index (κ2) is 5.54. The molecule has 0 amide bonds. The Hall–Kier alpha value is -1.10. The quantitative estimate of drug-likeness (QED) is 0.585. The van der Waals surface area contributed by atoms with Crippen LogP contribution in [0, 0.1) is 6.48 Å². The molecule has 0 aliphatic rings. The van der Waals surface area contributed by atoms with Crippen LogP contribution in [0.1, 0.15) is 20.8 Å². The van der Waals surface area contributed by atoms with E-state index in [2.05, 4.69) is 9.47 Å². The summed E-state index contributed by atoms with van der Waals surface area (Å²) in [7, 11) is 0. The summed E-state index contributed by atoms with van der Waals surface area (Å²) in [5, 5.41) is 0. The molecule has 0 saturated heterocycles. The maximum absolute atomic E-state index is 10.4. The van der Waals surface area contributed by atoms with Crippen LogP contribution >= 0.6 is 0 Å². The third-order valence-electron chi connectivity index (χ3n) is 0.716. The van der Waals surface area contributed by atoms with Crippen molar-refractivity contribution in [1.29, 1.82) is 0 Å². The number of esters is 2. The van der Waals surface area contributed by atoms with Gasteiger partial charge in [-0.05, 0) is 6.92 Å². The van der Waals surface area contributed by atoms with Crippen LogP contribution in [0.4, 0.5) is 0 Å². The Labute approximate surface area is 70.6 Å². The van der Waals surface area contributed by atoms with Crippen molar-refractivity contribution in [3.8, 4) is 0 Å². The van der Waals surface area contributed by atoms with Gasteiger partial charge in [0.2, 0.25) is 0 Å². The fraction of sp³-hybridized carbons (Fsp3) is 0.571. The molecule has 0 atom stereocenters. The molecule has 0 aromatic carbocycles. The maximum atomic E-state index is 10.4. The highest BCUT2D eigenvalue weighted by Crippen LogP contribution is 2.07. The molecule has 0 fully saturated rings. The Balaban J connectivity index is 3.85. The van der Waals surface area contributed by atoms with Gasteiger partial charge in [0.15, 0.2) is 0 Å². The van der Waals surface area contributed by atoms with Crippen molar-refractivity contribution in [2.75, 3.05) is 6.61 Å². The Kier molecular flexibility index (Phi) is 5.03. The zero-order valence-electron chi connectivity index (χ0n) is 7.25. The molecule has 5 nitrogen and oxygen atoms in total. The molecule has 0 aliphatic carbocycles. The molecule has 0 N–H and O–H groups in total. The first-order valence-electron chi connectivity index (χ1n) is 3.42. The zero-order valence-corrected chi connectivity index (χ0v) is 7.25. The standard InChI is InChI=1S/C7H11O5/c1-4-10-7(11-5(2)8)12-6(3)9/h4H2,1-3H3. The van der Waals surface area contributed by atoms with E-state index < -0.39 is 18.4 Å². The smallest absolute Gasteiger partial charge is 0.390 e. The second-order valence-corrected chi connectivity index (χ2v) is 1.87. The molecule has 0 saturated carbocycles. The Morgan fingerprint density at radius 1 is 1.08 bits per heavy atom. The van der Waals surface area contributed by atoms with Gasteiger partial charge in [0, 0.05) is 13.8 Å². The third-order valence-corrected chi connectivity index (χ3v) is 0.716. The molecular weight excluding hydrogens is 164 g/mol. The third kappa shape index (κ3) is 5.67. The predicted molar refractivity (Wildman–Crippen MR) is 38.4 cm³/mol. The normalized spacial score (nSPS) is 9.67. The molecular formula is C7H11O5. The second-order valence-electron chi connectivity index (χ2n) is 1.87. The minimum atomic E-state index is -0.597. The van der Waals surface area contributed by atoms with E-state index >= 15 is 0 Å². The fourth-order valence-corrected chi connectivity index (χ4v) is 0.432. The van der Waals surface area contributed by atoms with Crippen LogP contribution in [-0.4, -0.2) is 18.5 Å². The van der Waals surface area contributed by atoms with Crippen LogP contribution in [0.15, 0.2) is 0 Å². The van der Waals surface area contributed by atoms with E-state index in [1.54, 1.807) is 6.92 Å². The van der Waals surface area contributed by atoms with Crippen molar-refractivity contribution >= 4 is 11.9 Å². The highest BCUT2D eigenvalue weighted by Gasteiger charge is 2.18. The van der Waals surface area contributed by atoms with Gasteiger partial charge in [-0.2, -0.15) is 0 Å². The molecule has 69 valence electrons. The first kappa shape index (κ1) is 10.9. The molecule has 1 radical (unpaired) electrons. The Morgan fingerprint density at radius 3 is 1.75 bits per heavy atom. The molecule has 0 bridgehead atoms. The van der Waals surface area contributed by atoms with Gasteiger partial charge in [-0.25, -0.2) is 0 Å². The molecule has 12 heavy (non-hydrogen) atoms. The van der Waals surface area contributed by atoms with Gasteiger partial charge in [-0.1, -0.05) is 0 Å². The number of carbonyl (C=O) groups is 2. The summed E-state index contributed by atoms with van der Waals surface area (Å²) in [5.41, 5.74) is 0. The Morgan fingerprint density at radius 2 is 1.50 bits per heavy atom. The lowest BCUT2D eigenvalue weighted by atomic mass is 10.8. The largest absolute Gasteiger partial charge is 0.490 e. The van der Waals surface area contributed by atoms with E-state index in [4.69, 9.17) is 4.74 Å². The molecule has 0 spiro atoms. The average Bonchev–Trinajstić information content (AvgIpc) is 1.84. The molecule has 0 aromatic rings. The number of ether oxygens (including phenoxy) is 3. The van der Waals surface area contributed by atoms with E-state index in [1.165, 1.54) is 13.8 Å². The molecule has 0 rings (SSSR count). The summed E-state index contributed by atoms with van der Waals surface area (Å²) in [6.07, 6.45) is 0. The van der Waals surface area contributed by atoms with Crippen LogP contribution in [-0.2, 0) is 23.8 Å². The minimum absolute atomic E-state index is 0.260. The number of carbonyl (C=O) groups excluding carboxylic acids is 2. The van der Waals surface area contributed by atoms with E-state index in [-0.39, 0.29) is 6.61 Å². The van der Waals surface area contributed by atoms with E-state index in [0.717, 1.165) is 0 Å². The van der Waals surface area contributed by atoms with Crippen molar-refractivity contribution in [3.05, 3.63) is 6.48 Å². The molecule has 5 heteroatoms. The summed E-state index contributed by atoms with van der Waals surface area (Å²) >= 11 is 0. The first-order valence-corrected chi connectivity index (χ1v) is 3.42. The van der Waals surface area contributed by atoms with Crippen LogP contribution in [0.5, 0.6) is 0 Å². The van der Waals surface area contributed by atoms with Crippen LogP contribution in [0.2, 0.25) is 0 Å². The van der Waals surface area contributed by atoms with Crippen molar-refractivity contribution in [1.82, 2.24) is 0 Å². The highest BCUT2D eigenvalue weighted by atomic mass is 16.9. The monoisotopic (exact) mass is 175 g/mol. The summed E-state index contributed by atoms with van der Waals surface area (Å²) in [5.74, 6) is -1.19. The average molecular weight is 175 g/mol. The SMILES string of the molecule is CCO[C](OC(C)=O)OC(C)=O. The molecule has 0 unspecified atom stereocenters. The summed E-state index contributed by atoms with van der Waals surface area (Å²) < 4.78 is 13.5. The predicted octanol–water partition coefficient (Wildman–Crippen LogP) is 0.596. The Bertz CT molecular complexity index is 149. The summed E-state index contributed by atoms with van der Waals surface area (Å²) in [6.45, 7) is 3.88. The lowest BCUT2D eigenvalue weighted by Crippen LogP contribution is -2.17. The molecule has 0 aliphatic heterocycles. The maximum Gasteiger partial charge on any atom is 0.490 e. The first-order chi connectivity index (χ1) is 5.56. The van der Waals surface area contributed by atoms with Gasteiger partial charge in [-0.3, -0.25) is 14.3 Å². The highest BCUT2D eigenvalue weighted by molar-refractivity contribution is 5.68. The molecule has 0 heterocycles. The van der Waals surface area contributed by atoms with Gasteiger partial charge in [0.1, 0.15) is 0 Å². The van der Waals surface area contributed by atoms with Crippen LogP contribution < -0.4 is 0 Å². The van der Waals surface area contributed by atoms with Crippen LogP contribution in [0.25, 0.3) is 0 Å². The summed E-state index contributed by atoms with van der Waals surface area (Å²) in [4.78, 5) is 20.8. The van der Waals surface area contributed by atoms with Gasteiger partial charge in [0.25, 0.3) is 0 Å². The lowest BCUT2D eigenvalue weighted by molar-refractivity contribution is -0.198. The van der Waals surface area contributed by atoms with Crippen molar-refractivity contribution in [2.24, 2.45) is 0 Å². The van der Waals surface area contributed by atoms with Crippen LogP contribution in [0.3, 0.4) is 0 Å². The lowest BCUT2D eigenvalue weighted by Gasteiger charge is -2.11. The number of hydrogen-bond donors (Lipinski definition) is 0. The topological polar surface area (TPSA) is 61.8 Å². The van der Waals surface area contributed by atoms with Crippen molar-refractivity contribution in [3.63, 3.8) is 0 Å². The van der Waals surface area contributed by atoms with Gasteiger partial charge in [0.05, 0.1) is 6.61 Å². The van der Waals surface area contributed by atoms with E-state index in [9.17, 15) is 9.59 Å². The van der Waals surface area contributed by atoms with Gasteiger partial charge < -0.3 is 9.47 Å². The van der Waals surface area contributed by atoms with E-state index in [0.29, 0.717) is 0 Å². The van der Waals surface area contributed by atoms with Crippen molar-refractivity contribution < 1.29 is 23.8 Å². The minimum Gasteiger partial charge on any atom is -0.390 e. The number of rotatable bonds is 4. The van der Waals surface area contributed by atoms with Gasteiger partial charge in [-0.15, -0.1) is 0 Å².